The van der Waals surface area contributed by atoms with Gasteiger partial charge in [-0.15, -0.1) is 0 Å². The first-order valence-corrected chi connectivity index (χ1v) is 5.01. The molecule has 1 aliphatic rings. The fourth-order valence-electron chi connectivity index (χ4n) is 1.49. The number of aliphatic hydroxyl groups excluding tert-OH is 2. The summed E-state index contributed by atoms with van der Waals surface area (Å²) in [4.78, 5) is 2.23. The van der Waals surface area contributed by atoms with Crippen molar-refractivity contribution in [1.29, 1.82) is 0 Å². The molecular weight excluding hydrogens is 168 g/mol. The second kappa shape index (κ2) is 5.54. The second-order valence-corrected chi connectivity index (χ2v) is 3.70. The first-order valence-electron chi connectivity index (χ1n) is 5.01. The van der Waals surface area contributed by atoms with Gasteiger partial charge in [0.15, 0.2) is 0 Å². The maximum Gasteiger partial charge on any atom is 0.0897 e. The van der Waals surface area contributed by atoms with E-state index in [0.717, 1.165) is 13.0 Å². The minimum atomic E-state index is -0.599. The van der Waals surface area contributed by atoms with E-state index in [9.17, 15) is 5.11 Å². The Balaban J connectivity index is 2.20. The third-order valence-electron chi connectivity index (χ3n) is 2.37. The molecule has 0 aromatic rings. The fraction of sp³-hybridized carbons (Fsp3) is 1.00. The van der Waals surface area contributed by atoms with Crippen LogP contribution in [0.25, 0.3) is 0 Å². The molecule has 0 aliphatic heterocycles. The summed E-state index contributed by atoms with van der Waals surface area (Å²) in [6.07, 6.45) is 2.82. The molecule has 0 amide bonds. The van der Waals surface area contributed by atoms with Gasteiger partial charge in [0.1, 0.15) is 0 Å². The third kappa shape index (κ3) is 4.04. The van der Waals surface area contributed by atoms with Crippen LogP contribution in [0.5, 0.6) is 0 Å². The zero-order chi connectivity index (χ0) is 9.68. The highest BCUT2D eigenvalue weighted by Crippen LogP contribution is 2.26. The molecule has 0 aromatic heterocycles. The van der Waals surface area contributed by atoms with Crippen LogP contribution >= 0.6 is 0 Å². The lowest BCUT2D eigenvalue weighted by Gasteiger charge is -2.23. The van der Waals surface area contributed by atoms with Gasteiger partial charge in [0.25, 0.3) is 0 Å². The van der Waals surface area contributed by atoms with Gasteiger partial charge in [0.05, 0.1) is 12.7 Å². The predicted octanol–water partition coefficient (Wildman–Crippen LogP) is -0.847. The summed E-state index contributed by atoms with van der Waals surface area (Å²) >= 11 is 0. The Hall–Kier alpha value is -0.160. The van der Waals surface area contributed by atoms with E-state index in [1.165, 1.54) is 12.8 Å². The molecule has 1 atom stereocenters. The normalized spacial score (nSPS) is 19.4. The van der Waals surface area contributed by atoms with E-state index in [-0.39, 0.29) is 6.61 Å². The van der Waals surface area contributed by atoms with Gasteiger partial charge in [0, 0.05) is 12.6 Å². The monoisotopic (exact) mass is 188 g/mol. The summed E-state index contributed by atoms with van der Waals surface area (Å²) in [5.41, 5.74) is 5.42. The van der Waals surface area contributed by atoms with E-state index in [1.54, 1.807) is 0 Å². The molecule has 1 fully saturated rings. The SMILES string of the molecule is NCCCN(CC(O)CO)C1CC1. The van der Waals surface area contributed by atoms with Crippen LogP contribution in [0.1, 0.15) is 19.3 Å². The first-order chi connectivity index (χ1) is 6.27. The van der Waals surface area contributed by atoms with E-state index in [1.807, 2.05) is 0 Å². The molecule has 4 N–H and O–H groups in total. The molecule has 4 heteroatoms. The van der Waals surface area contributed by atoms with Crippen LogP contribution in [0.2, 0.25) is 0 Å². The first kappa shape index (κ1) is 10.9. The average molecular weight is 188 g/mol. The Labute approximate surface area is 79.3 Å². The molecule has 1 unspecified atom stereocenters. The third-order valence-corrected chi connectivity index (χ3v) is 2.37. The van der Waals surface area contributed by atoms with Crippen LogP contribution < -0.4 is 5.73 Å². The maximum atomic E-state index is 9.28. The molecule has 0 saturated heterocycles. The van der Waals surface area contributed by atoms with Crippen LogP contribution in [0.15, 0.2) is 0 Å². The molecule has 0 heterocycles. The maximum absolute atomic E-state index is 9.28. The predicted molar refractivity (Wildman–Crippen MR) is 51.4 cm³/mol. The zero-order valence-corrected chi connectivity index (χ0v) is 8.02. The van der Waals surface area contributed by atoms with Gasteiger partial charge in [-0.05, 0) is 32.4 Å². The number of nitrogens with zero attached hydrogens (tertiary/aromatic N) is 1. The Morgan fingerprint density at radius 2 is 2.15 bits per heavy atom. The highest BCUT2D eigenvalue weighted by atomic mass is 16.3. The van der Waals surface area contributed by atoms with Crippen molar-refractivity contribution in [2.75, 3.05) is 26.2 Å². The fourth-order valence-corrected chi connectivity index (χ4v) is 1.49. The molecule has 13 heavy (non-hydrogen) atoms. The summed E-state index contributed by atoms with van der Waals surface area (Å²) in [5.74, 6) is 0. The summed E-state index contributed by atoms with van der Waals surface area (Å²) in [7, 11) is 0. The highest BCUT2D eigenvalue weighted by Gasteiger charge is 2.29. The summed E-state index contributed by atoms with van der Waals surface area (Å²) in [6.45, 7) is 2.07. The number of nitrogens with two attached hydrogens (primary N) is 1. The molecule has 4 nitrogen and oxygen atoms in total. The van der Waals surface area contributed by atoms with Gasteiger partial charge in [-0.3, -0.25) is 4.90 Å². The minimum absolute atomic E-state index is 0.147. The highest BCUT2D eigenvalue weighted by molar-refractivity contribution is 4.85. The molecule has 0 bridgehead atoms. The van der Waals surface area contributed by atoms with E-state index in [2.05, 4.69) is 4.90 Å². The second-order valence-electron chi connectivity index (χ2n) is 3.70. The van der Waals surface area contributed by atoms with E-state index < -0.39 is 6.10 Å². The Morgan fingerprint density at radius 1 is 1.46 bits per heavy atom. The Bertz CT molecular complexity index is 140. The smallest absolute Gasteiger partial charge is 0.0897 e. The topological polar surface area (TPSA) is 69.7 Å². The van der Waals surface area contributed by atoms with Crippen molar-refractivity contribution in [3.05, 3.63) is 0 Å². The van der Waals surface area contributed by atoms with Crippen molar-refractivity contribution in [2.45, 2.75) is 31.4 Å². The Morgan fingerprint density at radius 3 is 2.62 bits per heavy atom. The summed E-state index contributed by atoms with van der Waals surface area (Å²) < 4.78 is 0. The Kier molecular flexibility index (Phi) is 4.66. The number of aliphatic hydroxyl groups is 2. The van der Waals surface area contributed by atoms with Crippen LogP contribution in [0, 0.1) is 0 Å². The molecule has 1 rings (SSSR count). The summed E-state index contributed by atoms with van der Waals surface area (Å²) in [5, 5.41) is 18.0. The average Bonchev–Trinajstić information content (AvgIpc) is 2.94. The lowest BCUT2D eigenvalue weighted by atomic mass is 10.3. The van der Waals surface area contributed by atoms with E-state index in [4.69, 9.17) is 10.8 Å². The van der Waals surface area contributed by atoms with Crippen molar-refractivity contribution in [2.24, 2.45) is 5.73 Å². The van der Waals surface area contributed by atoms with Gasteiger partial charge >= 0.3 is 0 Å². The molecule has 78 valence electrons. The minimum Gasteiger partial charge on any atom is -0.394 e. The van der Waals surface area contributed by atoms with E-state index >= 15 is 0 Å². The molecule has 0 aromatic carbocycles. The van der Waals surface area contributed by atoms with Crippen LogP contribution in [0.3, 0.4) is 0 Å². The molecule has 0 radical (unpaired) electrons. The van der Waals surface area contributed by atoms with Crippen molar-refractivity contribution in [3.8, 4) is 0 Å². The van der Waals surface area contributed by atoms with E-state index in [0.29, 0.717) is 19.1 Å². The van der Waals surface area contributed by atoms with Gasteiger partial charge in [-0.1, -0.05) is 0 Å². The molecule has 0 spiro atoms. The van der Waals surface area contributed by atoms with Crippen molar-refractivity contribution < 1.29 is 10.2 Å². The standard InChI is InChI=1S/C9H20N2O2/c10-4-1-5-11(8-2-3-8)6-9(13)7-12/h8-9,12-13H,1-7,10H2. The number of rotatable bonds is 7. The lowest BCUT2D eigenvalue weighted by Crippen LogP contribution is -2.37. The van der Waals surface area contributed by atoms with Gasteiger partial charge < -0.3 is 15.9 Å². The lowest BCUT2D eigenvalue weighted by molar-refractivity contribution is 0.0564. The van der Waals surface area contributed by atoms with Gasteiger partial charge in [-0.2, -0.15) is 0 Å². The number of hydrogen-bond donors (Lipinski definition) is 3. The van der Waals surface area contributed by atoms with Crippen molar-refractivity contribution in [1.82, 2.24) is 4.90 Å². The largest absolute Gasteiger partial charge is 0.394 e. The zero-order valence-electron chi connectivity index (χ0n) is 8.02. The molecular formula is C9H20N2O2. The molecule has 1 saturated carbocycles. The van der Waals surface area contributed by atoms with Crippen LogP contribution in [-0.2, 0) is 0 Å². The quantitative estimate of drug-likeness (QED) is 0.487. The van der Waals surface area contributed by atoms with Crippen LogP contribution in [0.4, 0.5) is 0 Å². The summed E-state index contributed by atoms with van der Waals surface area (Å²) in [6, 6.07) is 0.632. The van der Waals surface area contributed by atoms with Gasteiger partial charge in [-0.25, -0.2) is 0 Å². The van der Waals surface area contributed by atoms with Crippen molar-refractivity contribution in [3.63, 3.8) is 0 Å². The molecule has 1 aliphatic carbocycles. The van der Waals surface area contributed by atoms with Gasteiger partial charge in [0.2, 0.25) is 0 Å². The van der Waals surface area contributed by atoms with Crippen LogP contribution in [-0.4, -0.2) is 53.5 Å². The van der Waals surface area contributed by atoms with Crippen molar-refractivity contribution >= 4 is 0 Å². The number of hydrogen-bond acceptors (Lipinski definition) is 4.